The summed E-state index contributed by atoms with van der Waals surface area (Å²) < 4.78 is 1.35. The number of rotatable bonds is 4. The van der Waals surface area contributed by atoms with Crippen LogP contribution in [-0.4, -0.2) is 34.7 Å². The molecule has 0 unspecified atom stereocenters. The molecule has 16 heavy (non-hydrogen) atoms. The van der Waals surface area contributed by atoms with E-state index in [9.17, 15) is 9.59 Å². The third-order valence-corrected chi connectivity index (χ3v) is 4.03. The highest BCUT2D eigenvalue weighted by atomic mass is 79.9. The molecule has 0 aliphatic rings. The standard InChI is InChI=1S/C8H7Br2NO4S/c9-5-1-3(6(10)16-5)7(13)11-4(2-12)8(14)15/h1,4,12H,2H2,(H,11,13)(H,14,15)/t4-/m1/s1. The van der Waals surface area contributed by atoms with E-state index < -0.39 is 24.5 Å². The quantitative estimate of drug-likeness (QED) is 0.746. The summed E-state index contributed by atoms with van der Waals surface area (Å²) >= 11 is 7.69. The molecule has 0 aromatic carbocycles. The minimum Gasteiger partial charge on any atom is -0.480 e. The number of nitrogens with one attached hydrogen (secondary N) is 1. The zero-order chi connectivity index (χ0) is 12.3. The van der Waals surface area contributed by atoms with Gasteiger partial charge >= 0.3 is 5.97 Å². The number of carbonyl (C=O) groups excluding carboxylic acids is 1. The van der Waals surface area contributed by atoms with Gasteiger partial charge in [-0.15, -0.1) is 11.3 Å². The van der Waals surface area contributed by atoms with Crippen molar-refractivity contribution in [2.75, 3.05) is 6.61 Å². The molecule has 0 saturated heterocycles. The number of aliphatic hydroxyl groups is 1. The number of carboxylic acid groups (broad SMARTS) is 1. The maximum Gasteiger partial charge on any atom is 0.328 e. The number of hydrogen-bond acceptors (Lipinski definition) is 4. The zero-order valence-corrected chi connectivity index (χ0v) is 11.7. The Morgan fingerprint density at radius 1 is 1.50 bits per heavy atom. The predicted molar refractivity (Wildman–Crippen MR) is 65.7 cm³/mol. The number of thiophene rings is 1. The van der Waals surface area contributed by atoms with Crippen LogP contribution in [0.4, 0.5) is 0 Å². The van der Waals surface area contributed by atoms with Crippen LogP contribution < -0.4 is 5.32 Å². The molecule has 1 rings (SSSR count). The molecule has 0 bridgehead atoms. The van der Waals surface area contributed by atoms with E-state index in [1.54, 1.807) is 6.07 Å². The van der Waals surface area contributed by atoms with Crippen molar-refractivity contribution in [1.29, 1.82) is 0 Å². The van der Waals surface area contributed by atoms with Crippen molar-refractivity contribution in [1.82, 2.24) is 5.32 Å². The first-order chi connectivity index (χ1) is 7.45. The maximum absolute atomic E-state index is 11.6. The molecular formula is C8H7Br2NO4S. The van der Waals surface area contributed by atoms with Crippen LogP contribution in [0.1, 0.15) is 10.4 Å². The van der Waals surface area contributed by atoms with E-state index in [4.69, 9.17) is 10.2 Å². The van der Waals surface area contributed by atoms with E-state index in [1.165, 1.54) is 11.3 Å². The minimum atomic E-state index is -1.29. The van der Waals surface area contributed by atoms with Gasteiger partial charge in [0.05, 0.1) is 19.7 Å². The topological polar surface area (TPSA) is 86.6 Å². The van der Waals surface area contributed by atoms with Gasteiger partial charge in [0.2, 0.25) is 0 Å². The molecule has 5 nitrogen and oxygen atoms in total. The molecule has 0 aliphatic heterocycles. The van der Waals surface area contributed by atoms with E-state index in [2.05, 4.69) is 37.2 Å². The molecule has 0 fully saturated rings. The molecule has 0 spiro atoms. The number of aliphatic hydroxyl groups excluding tert-OH is 1. The Hall–Kier alpha value is -0.440. The van der Waals surface area contributed by atoms with Crippen LogP contribution in [0.3, 0.4) is 0 Å². The van der Waals surface area contributed by atoms with Gasteiger partial charge in [-0.1, -0.05) is 0 Å². The van der Waals surface area contributed by atoms with Crippen molar-refractivity contribution in [3.05, 3.63) is 19.2 Å². The van der Waals surface area contributed by atoms with Gasteiger partial charge in [0.15, 0.2) is 6.04 Å². The van der Waals surface area contributed by atoms with Crippen LogP contribution >= 0.6 is 43.2 Å². The number of carbonyl (C=O) groups is 2. The average Bonchev–Trinajstić information content (AvgIpc) is 2.53. The van der Waals surface area contributed by atoms with Gasteiger partial charge in [-0.05, 0) is 37.9 Å². The summed E-state index contributed by atoms with van der Waals surface area (Å²) in [5, 5.41) is 19.6. The van der Waals surface area contributed by atoms with Gasteiger partial charge in [0, 0.05) is 0 Å². The molecule has 88 valence electrons. The fraction of sp³-hybridized carbons (Fsp3) is 0.250. The highest BCUT2D eigenvalue weighted by Gasteiger charge is 2.21. The van der Waals surface area contributed by atoms with Crippen LogP contribution in [-0.2, 0) is 4.79 Å². The first-order valence-corrected chi connectivity index (χ1v) is 6.45. The summed E-state index contributed by atoms with van der Waals surface area (Å²) in [6.07, 6.45) is 0. The number of carboxylic acids is 1. The lowest BCUT2D eigenvalue weighted by Crippen LogP contribution is -2.43. The Morgan fingerprint density at radius 2 is 2.12 bits per heavy atom. The second-order valence-corrected chi connectivity index (χ2v) is 6.53. The summed E-state index contributed by atoms with van der Waals surface area (Å²) in [4.78, 5) is 22.2. The molecule has 0 aliphatic carbocycles. The molecule has 3 N–H and O–H groups in total. The number of amides is 1. The van der Waals surface area contributed by atoms with Crippen LogP contribution in [0.25, 0.3) is 0 Å². The smallest absolute Gasteiger partial charge is 0.328 e. The van der Waals surface area contributed by atoms with Crippen molar-refractivity contribution in [2.45, 2.75) is 6.04 Å². The van der Waals surface area contributed by atoms with Crippen molar-refractivity contribution in [2.24, 2.45) is 0 Å². The van der Waals surface area contributed by atoms with E-state index in [1.807, 2.05) is 0 Å². The largest absolute Gasteiger partial charge is 0.480 e. The van der Waals surface area contributed by atoms with Crippen molar-refractivity contribution >= 4 is 55.1 Å². The SMILES string of the molecule is O=C(N[C@H](CO)C(=O)O)c1cc(Br)sc1Br. The van der Waals surface area contributed by atoms with Crippen molar-refractivity contribution < 1.29 is 19.8 Å². The monoisotopic (exact) mass is 371 g/mol. The van der Waals surface area contributed by atoms with Gasteiger partial charge in [0.1, 0.15) is 0 Å². The number of hydrogen-bond donors (Lipinski definition) is 3. The second-order valence-electron chi connectivity index (χ2n) is 2.78. The van der Waals surface area contributed by atoms with E-state index in [-0.39, 0.29) is 0 Å². The van der Waals surface area contributed by atoms with Gasteiger partial charge in [0.25, 0.3) is 5.91 Å². The molecule has 1 aromatic heterocycles. The summed E-state index contributed by atoms with van der Waals surface area (Å²) in [7, 11) is 0. The summed E-state index contributed by atoms with van der Waals surface area (Å²) in [6.45, 7) is -0.649. The maximum atomic E-state index is 11.6. The fourth-order valence-electron chi connectivity index (χ4n) is 0.917. The molecule has 0 saturated carbocycles. The molecule has 0 radical (unpaired) electrons. The molecule has 1 atom stereocenters. The number of aliphatic carboxylic acids is 1. The van der Waals surface area contributed by atoms with Crippen LogP contribution in [0.15, 0.2) is 13.6 Å². The lowest BCUT2D eigenvalue weighted by atomic mass is 10.2. The van der Waals surface area contributed by atoms with Gasteiger partial charge in [-0.25, -0.2) is 4.79 Å². The van der Waals surface area contributed by atoms with E-state index in [0.29, 0.717) is 9.35 Å². The fourth-order valence-corrected chi connectivity index (χ4v) is 3.71. The van der Waals surface area contributed by atoms with Crippen LogP contribution in [0.5, 0.6) is 0 Å². The lowest BCUT2D eigenvalue weighted by Gasteiger charge is -2.10. The number of halogens is 2. The summed E-state index contributed by atoms with van der Waals surface area (Å²) in [5.41, 5.74) is 0.330. The average molecular weight is 373 g/mol. The Kier molecular flexibility index (Phi) is 4.90. The molecule has 1 heterocycles. The highest BCUT2D eigenvalue weighted by Crippen LogP contribution is 2.31. The summed E-state index contributed by atoms with van der Waals surface area (Å²) in [6, 6.07) is 0.276. The Labute approximate surface area is 112 Å². The first-order valence-electron chi connectivity index (χ1n) is 4.05. The first kappa shape index (κ1) is 13.6. The zero-order valence-electron chi connectivity index (χ0n) is 7.74. The molecular weight excluding hydrogens is 366 g/mol. The lowest BCUT2D eigenvalue weighted by molar-refractivity contribution is -0.140. The van der Waals surface area contributed by atoms with E-state index in [0.717, 1.165) is 3.79 Å². The Balaban J connectivity index is 2.79. The molecule has 8 heteroatoms. The Bertz CT molecular complexity index is 420. The van der Waals surface area contributed by atoms with Gasteiger partial charge in [-0.2, -0.15) is 0 Å². The van der Waals surface area contributed by atoms with Gasteiger partial charge < -0.3 is 15.5 Å². The van der Waals surface area contributed by atoms with Gasteiger partial charge in [-0.3, -0.25) is 4.79 Å². The molecule has 1 aromatic rings. The van der Waals surface area contributed by atoms with Crippen molar-refractivity contribution in [3.8, 4) is 0 Å². The predicted octanol–water partition coefficient (Wildman–Crippen LogP) is 1.45. The van der Waals surface area contributed by atoms with Crippen molar-refractivity contribution in [3.63, 3.8) is 0 Å². The Morgan fingerprint density at radius 3 is 2.50 bits per heavy atom. The third kappa shape index (κ3) is 3.27. The van der Waals surface area contributed by atoms with Crippen LogP contribution in [0.2, 0.25) is 0 Å². The van der Waals surface area contributed by atoms with E-state index >= 15 is 0 Å². The molecule has 1 amide bonds. The summed E-state index contributed by atoms with van der Waals surface area (Å²) in [5.74, 6) is -1.82. The third-order valence-electron chi connectivity index (χ3n) is 1.69. The second kappa shape index (κ2) is 5.76. The van der Waals surface area contributed by atoms with Crippen LogP contribution in [0, 0.1) is 0 Å². The minimum absolute atomic E-state index is 0.330. The normalized spacial score (nSPS) is 12.2. The highest BCUT2D eigenvalue weighted by molar-refractivity contribution is 9.12.